The molecule has 1 fully saturated rings. The summed E-state index contributed by atoms with van der Waals surface area (Å²) in [5.41, 5.74) is 2.32. The van der Waals surface area contributed by atoms with Crippen LogP contribution in [0.4, 0.5) is 0 Å². The molecule has 1 aliphatic carbocycles. The van der Waals surface area contributed by atoms with Crippen LogP contribution in [0.25, 0.3) is 16.8 Å². The minimum Gasteiger partial charge on any atom is -0.497 e. The van der Waals surface area contributed by atoms with E-state index in [2.05, 4.69) is 31.4 Å². The molecule has 0 radical (unpaired) electrons. The zero-order chi connectivity index (χ0) is 15.9. The Hall–Kier alpha value is -2.06. The quantitative estimate of drug-likeness (QED) is 0.830. The summed E-state index contributed by atoms with van der Waals surface area (Å²) in [6.45, 7) is 9.86. The molecule has 0 aliphatic heterocycles. The Kier molecular flexibility index (Phi) is 3.57. The van der Waals surface area contributed by atoms with E-state index in [4.69, 9.17) is 4.74 Å². The van der Waals surface area contributed by atoms with Crippen molar-refractivity contribution in [2.24, 2.45) is 0 Å². The van der Waals surface area contributed by atoms with Crippen molar-refractivity contribution in [2.75, 3.05) is 7.11 Å². The number of methoxy groups -OCH3 is 1. The Morgan fingerprint density at radius 3 is 2.68 bits per heavy atom. The lowest BCUT2D eigenvalue weighted by Gasteiger charge is -2.47. The van der Waals surface area contributed by atoms with Gasteiger partial charge < -0.3 is 9.84 Å². The van der Waals surface area contributed by atoms with Gasteiger partial charge >= 0.3 is 0 Å². The predicted octanol–water partition coefficient (Wildman–Crippen LogP) is 4.68. The first-order chi connectivity index (χ1) is 10.5. The van der Waals surface area contributed by atoms with Crippen molar-refractivity contribution in [1.82, 2.24) is 0 Å². The maximum absolute atomic E-state index is 10.8. The standard InChI is InChI=1S/C20H22O2/c1-5-16-17-9-7-15(22-4)12-14(17)6-8-18(16)19-10-11-20(19,21)13(2)3/h5-9,12,19,21H,1-2,10-11H2,3-4H3/t19-,20+/m0/s1. The van der Waals surface area contributed by atoms with Gasteiger partial charge in [-0.15, -0.1) is 0 Å². The number of fused-ring (bicyclic) bond motifs is 1. The summed E-state index contributed by atoms with van der Waals surface area (Å²) < 4.78 is 5.29. The lowest BCUT2D eigenvalue weighted by Crippen LogP contribution is -2.46. The minimum absolute atomic E-state index is 0.101. The lowest BCUT2D eigenvalue weighted by molar-refractivity contribution is -0.0232. The molecule has 0 amide bonds. The van der Waals surface area contributed by atoms with Crippen molar-refractivity contribution in [3.8, 4) is 5.75 Å². The maximum Gasteiger partial charge on any atom is 0.119 e. The van der Waals surface area contributed by atoms with Crippen molar-refractivity contribution >= 4 is 16.8 Å². The maximum atomic E-state index is 10.8. The molecule has 2 heteroatoms. The summed E-state index contributed by atoms with van der Waals surface area (Å²) in [5, 5.41) is 13.1. The predicted molar refractivity (Wildman–Crippen MR) is 92.3 cm³/mol. The van der Waals surface area contributed by atoms with Gasteiger partial charge in [0.25, 0.3) is 0 Å². The van der Waals surface area contributed by atoms with Crippen molar-refractivity contribution in [1.29, 1.82) is 0 Å². The smallest absolute Gasteiger partial charge is 0.119 e. The third-order valence-electron chi connectivity index (χ3n) is 5.01. The molecule has 3 rings (SSSR count). The molecule has 0 bridgehead atoms. The summed E-state index contributed by atoms with van der Waals surface area (Å²) in [4.78, 5) is 0. The summed E-state index contributed by atoms with van der Waals surface area (Å²) in [6, 6.07) is 10.3. The first-order valence-corrected chi connectivity index (χ1v) is 7.62. The van der Waals surface area contributed by atoms with Crippen LogP contribution in [0.2, 0.25) is 0 Å². The zero-order valence-corrected chi connectivity index (χ0v) is 13.2. The van der Waals surface area contributed by atoms with Crippen LogP contribution in [0.3, 0.4) is 0 Å². The summed E-state index contributed by atoms with van der Waals surface area (Å²) in [6.07, 6.45) is 3.65. The third-order valence-corrected chi connectivity index (χ3v) is 5.01. The highest BCUT2D eigenvalue weighted by molar-refractivity contribution is 5.93. The van der Waals surface area contributed by atoms with Gasteiger partial charge in [-0.3, -0.25) is 0 Å². The van der Waals surface area contributed by atoms with Crippen molar-refractivity contribution in [2.45, 2.75) is 31.3 Å². The SMILES string of the molecule is C=Cc1c([C@@H]2CC[C@@]2(O)C(=C)C)ccc2cc(OC)ccc12. The monoisotopic (exact) mass is 294 g/mol. The van der Waals surface area contributed by atoms with Crippen LogP contribution >= 0.6 is 0 Å². The van der Waals surface area contributed by atoms with Crippen LogP contribution in [0.15, 0.2) is 49.1 Å². The molecule has 22 heavy (non-hydrogen) atoms. The normalized spacial score (nSPS) is 23.9. The Morgan fingerprint density at radius 2 is 2.14 bits per heavy atom. The van der Waals surface area contributed by atoms with E-state index in [1.165, 1.54) is 0 Å². The number of aliphatic hydroxyl groups is 1. The molecule has 2 atom stereocenters. The van der Waals surface area contributed by atoms with Crippen LogP contribution in [0.1, 0.15) is 36.8 Å². The van der Waals surface area contributed by atoms with Gasteiger partial charge in [0.15, 0.2) is 0 Å². The minimum atomic E-state index is -0.780. The Balaban J connectivity index is 2.15. The van der Waals surface area contributed by atoms with Gasteiger partial charge in [0.05, 0.1) is 12.7 Å². The highest BCUT2D eigenvalue weighted by atomic mass is 16.5. The fourth-order valence-corrected chi connectivity index (χ4v) is 3.49. The molecule has 1 saturated carbocycles. The van der Waals surface area contributed by atoms with E-state index in [0.717, 1.165) is 46.1 Å². The fourth-order valence-electron chi connectivity index (χ4n) is 3.49. The molecule has 0 aromatic heterocycles. The fraction of sp³-hybridized carbons (Fsp3) is 0.300. The molecule has 1 aliphatic rings. The average Bonchev–Trinajstić information content (AvgIpc) is 2.52. The Labute approximate surface area is 131 Å². The highest BCUT2D eigenvalue weighted by Crippen LogP contribution is 2.51. The second-order valence-corrected chi connectivity index (χ2v) is 6.16. The number of rotatable bonds is 4. The molecule has 0 saturated heterocycles. The van der Waals surface area contributed by atoms with Crippen LogP contribution in [0, 0.1) is 0 Å². The molecule has 1 N–H and O–H groups in total. The van der Waals surface area contributed by atoms with Crippen LogP contribution in [0.5, 0.6) is 5.75 Å². The van der Waals surface area contributed by atoms with Gasteiger partial charge in [-0.25, -0.2) is 0 Å². The number of hydrogen-bond donors (Lipinski definition) is 1. The third kappa shape index (κ3) is 2.06. The van der Waals surface area contributed by atoms with Gasteiger partial charge in [-0.05, 0) is 59.4 Å². The number of benzene rings is 2. The second kappa shape index (κ2) is 5.29. The van der Waals surface area contributed by atoms with Crippen LogP contribution in [-0.2, 0) is 0 Å². The molecule has 2 nitrogen and oxygen atoms in total. The second-order valence-electron chi connectivity index (χ2n) is 6.16. The van der Waals surface area contributed by atoms with Crippen LogP contribution in [-0.4, -0.2) is 17.8 Å². The number of ether oxygens (including phenoxy) is 1. The van der Waals surface area contributed by atoms with Gasteiger partial charge in [0.2, 0.25) is 0 Å². The van der Waals surface area contributed by atoms with E-state index in [0.29, 0.717) is 0 Å². The average molecular weight is 294 g/mol. The van der Waals surface area contributed by atoms with E-state index < -0.39 is 5.60 Å². The van der Waals surface area contributed by atoms with E-state index in [-0.39, 0.29) is 5.92 Å². The molecule has 0 unspecified atom stereocenters. The Morgan fingerprint density at radius 1 is 1.36 bits per heavy atom. The van der Waals surface area contributed by atoms with Gasteiger partial charge in [0.1, 0.15) is 5.75 Å². The van der Waals surface area contributed by atoms with Gasteiger partial charge in [0, 0.05) is 5.92 Å². The van der Waals surface area contributed by atoms with Crippen molar-refractivity contribution < 1.29 is 9.84 Å². The van der Waals surface area contributed by atoms with E-state index in [1.54, 1.807) is 7.11 Å². The van der Waals surface area contributed by atoms with Crippen molar-refractivity contribution in [3.63, 3.8) is 0 Å². The van der Waals surface area contributed by atoms with E-state index in [9.17, 15) is 5.11 Å². The zero-order valence-electron chi connectivity index (χ0n) is 13.2. The molecule has 0 spiro atoms. The first kappa shape index (κ1) is 14.9. The molecule has 2 aromatic rings. The summed E-state index contributed by atoms with van der Waals surface area (Å²) >= 11 is 0. The van der Waals surface area contributed by atoms with E-state index in [1.807, 2.05) is 25.1 Å². The first-order valence-electron chi connectivity index (χ1n) is 7.62. The molecule has 2 aromatic carbocycles. The topological polar surface area (TPSA) is 29.5 Å². The molecular formula is C20H22O2. The molecule has 114 valence electrons. The largest absolute Gasteiger partial charge is 0.497 e. The van der Waals surface area contributed by atoms with Crippen molar-refractivity contribution in [3.05, 3.63) is 60.2 Å². The number of hydrogen-bond acceptors (Lipinski definition) is 2. The highest BCUT2D eigenvalue weighted by Gasteiger charge is 2.47. The van der Waals surface area contributed by atoms with Crippen LogP contribution < -0.4 is 4.74 Å². The lowest BCUT2D eigenvalue weighted by atomic mass is 9.62. The summed E-state index contributed by atoms with van der Waals surface area (Å²) in [5.74, 6) is 0.946. The molecule has 0 heterocycles. The van der Waals surface area contributed by atoms with E-state index >= 15 is 0 Å². The van der Waals surface area contributed by atoms with Gasteiger partial charge in [-0.2, -0.15) is 0 Å². The molecular weight excluding hydrogens is 272 g/mol. The summed E-state index contributed by atoms with van der Waals surface area (Å²) in [7, 11) is 1.67. The van der Waals surface area contributed by atoms with Gasteiger partial charge in [-0.1, -0.05) is 37.4 Å². The Bertz CT molecular complexity index is 760.